The number of likely N-dealkylation sites (tertiary alicyclic amines) is 1. The van der Waals surface area contributed by atoms with Crippen LogP contribution in [0.2, 0.25) is 0 Å². The lowest BCUT2D eigenvalue weighted by atomic mass is 10.3. The molecule has 9 heavy (non-hydrogen) atoms. The minimum Gasteiger partial charge on any atom is -0.355 e. The van der Waals surface area contributed by atoms with Crippen LogP contribution in [0.5, 0.6) is 0 Å². The van der Waals surface area contributed by atoms with Crippen molar-refractivity contribution in [3.63, 3.8) is 0 Å². The summed E-state index contributed by atoms with van der Waals surface area (Å²) in [6.45, 7) is 2.10. The number of amides is 1. The number of carbonyl (C=O) groups is 1. The van der Waals surface area contributed by atoms with E-state index >= 15 is 0 Å². The fraction of sp³-hybridized carbons (Fsp3) is 0.833. The lowest BCUT2D eigenvalue weighted by molar-refractivity contribution is -0.110. The zero-order chi connectivity index (χ0) is 6.69. The van der Waals surface area contributed by atoms with Gasteiger partial charge < -0.3 is 10.2 Å². The Morgan fingerprint density at radius 2 is 2.56 bits per heavy atom. The van der Waals surface area contributed by atoms with Gasteiger partial charge in [-0.1, -0.05) is 0 Å². The van der Waals surface area contributed by atoms with Crippen molar-refractivity contribution in [2.24, 2.45) is 0 Å². The second-order valence-electron chi connectivity index (χ2n) is 2.53. The fourth-order valence-corrected chi connectivity index (χ4v) is 1.17. The van der Waals surface area contributed by atoms with Crippen molar-refractivity contribution in [2.75, 3.05) is 20.1 Å². The van der Waals surface area contributed by atoms with Crippen molar-refractivity contribution >= 4 is 6.41 Å². The monoisotopic (exact) mass is 128 g/mol. The molecule has 0 unspecified atom stereocenters. The van der Waals surface area contributed by atoms with Crippen LogP contribution in [0, 0.1) is 0 Å². The van der Waals surface area contributed by atoms with Crippen LogP contribution in [-0.2, 0) is 4.79 Å². The molecule has 0 bridgehead atoms. The van der Waals surface area contributed by atoms with E-state index in [1.54, 1.807) is 0 Å². The van der Waals surface area contributed by atoms with Gasteiger partial charge in [-0.2, -0.15) is 0 Å². The van der Waals surface area contributed by atoms with Crippen LogP contribution in [0.3, 0.4) is 0 Å². The molecule has 1 heterocycles. The van der Waals surface area contributed by atoms with Crippen molar-refractivity contribution in [1.82, 2.24) is 10.2 Å². The Bertz CT molecular complexity index is 105. The molecule has 1 fully saturated rings. The Hall–Kier alpha value is -0.570. The summed E-state index contributed by atoms with van der Waals surface area (Å²) in [5.74, 6) is 0. The van der Waals surface area contributed by atoms with E-state index in [-0.39, 0.29) is 0 Å². The third-order valence-electron chi connectivity index (χ3n) is 1.70. The van der Waals surface area contributed by atoms with Crippen LogP contribution in [0.4, 0.5) is 0 Å². The quantitative estimate of drug-likeness (QED) is 0.505. The highest BCUT2D eigenvalue weighted by atomic mass is 16.1. The van der Waals surface area contributed by atoms with Crippen LogP contribution >= 0.6 is 0 Å². The lowest BCUT2D eigenvalue weighted by Crippen LogP contribution is -2.29. The maximum Gasteiger partial charge on any atom is 0.207 e. The first-order valence-corrected chi connectivity index (χ1v) is 3.21. The Morgan fingerprint density at radius 3 is 3.00 bits per heavy atom. The van der Waals surface area contributed by atoms with E-state index in [4.69, 9.17) is 0 Å². The van der Waals surface area contributed by atoms with Gasteiger partial charge in [0.25, 0.3) is 0 Å². The van der Waals surface area contributed by atoms with Crippen molar-refractivity contribution < 1.29 is 4.79 Å². The van der Waals surface area contributed by atoms with Crippen molar-refractivity contribution in [3.8, 4) is 0 Å². The second-order valence-corrected chi connectivity index (χ2v) is 2.53. The molecule has 1 atom stereocenters. The molecule has 1 aliphatic rings. The minimum absolute atomic E-state index is 0.396. The highest BCUT2D eigenvalue weighted by Gasteiger charge is 2.17. The van der Waals surface area contributed by atoms with Gasteiger partial charge in [-0.3, -0.25) is 4.79 Å². The van der Waals surface area contributed by atoms with Gasteiger partial charge in [-0.15, -0.1) is 0 Å². The van der Waals surface area contributed by atoms with Gasteiger partial charge in [-0.05, 0) is 20.0 Å². The molecule has 52 valence electrons. The number of rotatable bonds is 2. The summed E-state index contributed by atoms with van der Waals surface area (Å²) in [4.78, 5) is 12.1. The molecule has 0 spiro atoms. The van der Waals surface area contributed by atoms with Crippen LogP contribution < -0.4 is 5.32 Å². The average Bonchev–Trinajstić information content (AvgIpc) is 2.17. The van der Waals surface area contributed by atoms with E-state index in [9.17, 15) is 4.79 Å². The fourth-order valence-electron chi connectivity index (χ4n) is 1.17. The highest BCUT2D eigenvalue weighted by molar-refractivity contribution is 5.46. The number of hydrogen-bond acceptors (Lipinski definition) is 2. The molecule has 0 aromatic carbocycles. The van der Waals surface area contributed by atoms with Crippen LogP contribution in [0.1, 0.15) is 6.42 Å². The van der Waals surface area contributed by atoms with Gasteiger partial charge in [0.1, 0.15) is 0 Å². The molecule has 0 aromatic rings. The summed E-state index contributed by atoms with van der Waals surface area (Å²) in [6, 6.07) is 0.396. The summed E-state index contributed by atoms with van der Waals surface area (Å²) in [7, 11) is 2.06. The number of hydrogen-bond donors (Lipinski definition) is 1. The van der Waals surface area contributed by atoms with Gasteiger partial charge in [-0.25, -0.2) is 0 Å². The SMILES string of the molecule is CN1CC[C@@H](NC=O)C1. The third kappa shape index (κ3) is 1.68. The molecule has 0 radical (unpaired) electrons. The summed E-state index contributed by atoms with van der Waals surface area (Å²) < 4.78 is 0. The maximum atomic E-state index is 9.94. The molecule has 1 rings (SSSR count). The van der Waals surface area contributed by atoms with Crippen molar-refractivity contribution in [1.29, 1.82) is 0 Å². The van der Waals surface area contributed by atoms with Gasteiger partial charge in [0.15, 0.2) is 0 Å². The lowest BCUT2D eigenvalue weighted by Gasteiger charge is -2.07. The van der Waals surface area contributed by atoms with Gasteiger partial charge in [0.2, 0.25) is 6.41 Å². The Kier molecular flexibility index (Phi) is 2.05. The molecule has 1 saturated heterocycles. The molecule has 3 nitrogen and oxygen atoms in total. The van der Waals surface area contributed by atoms with Crippen LogP contribution in [0.25, 0.3) is 0 Å². The van der Waals surface area contributed by atoms with Crippen LogP contribution in [0.15, 0.2) is 0 Å². The normalized spacial score (nSPS) is 28.3. The van der Waals surface area contributed by atoms with E-state index in [2.05, 4.69) is 17.3 Å². The molecule has 0 aliphatic carbocycles. The second kappa shape index (κ2) is 2.82. The van der Waals surface area contributed by atoms with Gasteiger partial charge in [0.05, 0.1) is 0 Å². The molecule has 3 heteroatoms. The first kappa shape index (κ1) is 6.55. The highest BCUT2D eigenvalue weighted by Crippen LogP contribution is 2.04. The summed E-state index contributed by atoms with van der Waals surface area (Å²) >= 11 is 0. The minimum atomic E-state index is 0.396. The molecule has 1 aliphatic heterocycles. The number of nitrogens with one attached hydrogen (secondary N) is 1. The molecule has 1 N–H and O–H groups in total. The van der Waals surface area contributed by atoms with E-state index in [1.165, 1.54) is 0 Å². The predicted molar refractivity (Wildman–Crippen MR) is 35.1 cm³/mol. The zero-order valence-corrected chi connectivity index (χ0v) is 5.63. The van der Waals surface area contributed by atoms with Gasteiger partial charge >= 0.3 is 0 Å². The zero-order valence-electron chi connectivity index (χ0n) is 5.63. The number of likely N-dealkylation sites (N-methyl/N-ethyl adjacent to an activating group) is 1. The smallest absolute Gasteiger partial charge is 0.207 e. The maximum absolute atomic E-state index is 9.94. The number of nitrogens with zero attached hydrogens (tertiary/aromatic N) is 1. The summed E-state index contributed by atoms with van der Waals surface area (Å²) in [5.41, 5.74) is 0. The molecule has 1 amide bonds. The summed E-state index contributed by atoms with van der Waals surface area (Å²) in [5, 5.41) is 2.75. The Labute approximate surface area is 55.0 Å². The number of carbonyl (C=O) groups excluding carboxylic acids is 1. The topological polar surface area (TPSA) is 32.3 Å². The Morgan fingerprint density at radius 1 is 1.78 bits per heavy atom. The first-order chi connectivity index (χ1) is 4.33. The summed E-state index contributed by atoms with van der Waals surface area (Å²) in [6.07, 6.45) is 1.87. The van der Waals surface area contributed by atoms with Crippen molar-refractivity contribution in [3.05, 3.63) is 0 Å². The predicted octanol–water partition coefficient (Wildman–Crippen LogP) is -0.563. The third-order valence-corrected chi connectivity index (χ3v) is 1.70. The largest absolute Gasteiger partial charge is 0.355 e. The van der Waals surface area contributed by atoms with Crippen LogP contribution in [-0.4, -0.2) is 37.5 Å². The Balaban J connectivity index is 2.21. The first-order valence-electron chi connectivity index (χ1n) is 3.21. The van der Waals surface area contributed by atoms with Crippen molar-refractivity contribution in [2.45, 2.75) is 12.5 Å². The van der Waals surface area contributed by atoms with Gasteiger partial charge in [0, 0.05) is 12.6 Å². The molecule has 0 aromatic heterocycles. The van der Waals surface area contributed by atoms with E-state index in [0.717, 1.165) is 25.9 Å². The van der Waals surface area contributed by atoms with E-state index in [0.29, 0.717) is 6.04 Å². The van der Waals surface area contributed by atoms with E-state index < -0.39 is 0 Å². The molecule has 0 saturated carbocycles. The van der Waals surface area contributed by atoms with E-state index in [1.807, 2.05) is 0 Å². The molecular weight excluding hydrogens is 116 g/mol. The standard InChI is InChI=1S/C6H12N2O/c1-8-3-2-6(4-8)7-5-9/h5-6H,2-4H2,1H3,(H,7,9)/t6-/m1/s1. The molecular formula is C6H12N2O. The average molecular weight is 128 g/mol.